The van der Waals surface area contributed by atoms with Crippen LogP contribution in [0.15, 0.2) is 24.3 Å². The van der Waals surface area contributed by atoms with Gasteiger partial charge in [0.2, 0.25) is 0 Å². The van der Waals surface area contributed by atoms with Gasteiger partial charge in [0.15, 0.2) is 0 Å². The summed E-state index contributed by atoms with van der Waals surface area (Å²) in [4.78, 5) is 2.46. The third-order valence-corrected chi connectivity index (χ3v) is 4.06. The van der Waals surface area contributed by atoms with Crippen LogP contribution in [0.1, 0.15) is 31.5 Å². The minimum absolute atomic E-state index is 0.766. The summed E-state index contributed by atoms with van der Waals surface area (Å²) in [5, 5.41) is 7.75. The molecule has 3 rings (SSSR count). The fourth-order valence-electron chi connectivity index (χ4n) is 2.79. The summed E-state index contributed by atoms with van der Waals surface area (Å²) in [7, 11) is 0. The Balaban J connectivity index is 1.83. The summed E-state index contributed by atoms with van der Waals surface area (Å²) in [6.45, 7) is 8.30. The van der Waals surface area contributed by atoms with Crippen LogP contribution in [0.5, 0.6) is 5.75 Å². The molecule has 0 saturated carbocycles. The molecule has 4 nitrogen and oxygen atoms in total. The van der Waals surface area contributed by atoms with Crippen molar-refractivity contribution >= 4 is 0 Å². The second-order valence-electron chi connectivity index (χ2n) is 5.52. The fourth-order valence-corrected chi connectivity index (χ4v) is 2.79. The Morgan fingerprint density at radius 3 is 2.76 bits per heavy atom. The molecule has 0 radical (unpaired) electrons. The molecule has 1 aromatic carbocycles. The van der Waals surface area contributed by atoms with Crippen LogP contribution in [0.25, 0.3) is 11.3 Å². The van der Waals surface area contributed by atoms with Crippen molar-refractivity contribution in [1.29, 1.82) is 0 Å². The van der Waals surface area contributed by atoms with Crippen molar-refractivity contribution in [1.82, 2.24) is 15.1 Å². The van der Waals surface area contributed by atoms with Gasteiger partial charge >= 0.3 is 0 Å². The summed E-state index contributed by atoms with van der Waals surface area (Å²) in [6, 6.07) is 8.28. The monoisotopic (exact) mass is 285 g/mol. The Bertz CT molecular complexity index is 589. The van der Waals surface area contributed by atoms with Gasteiger partial charge in [0.1, 0.15) is 5.75 Å². The maximum atomic E-state index is 5.64. The first-order valence-corrected chi connectivity index (χ1v) is 7.83. The average Bonchev–Trinajstić information content (AvgIpc) is 2.96. The lowest BCUT2D eigenvalue weighted by atomic mass is 10.0. The lowest BCUT2D eigenvalue weighted by Crippen LogP contribution is -2.30. The quantitative estimate of drug-likeness (QED) is 0.917. The van der Waals surface area contributed by atoms with E-state index in [9.17, 15) is 0 Å². The van der Waals surface area contributed by atoms with Crippen LogP contribution < -0.4 is 4.74 Å². The van der Waals surface area contributed by atoms with Crippen LogP contribution in [-0.4, -0.2) is 34.8 Å². The van der Waals surface area contributed by atoms with Crippen molar-refractivity contribution < 1.29 is 4.74 Å². The van der Waals surface area contributed by atoms with Crippen molar-refractivity contribution in [3.63, 3.8) is 0 Å². The first-order chi connectivity index (χ1) is 10.3. The normalized spacial score (nSPS) is 15.0. The highest BCUT2D eigenvalue weighted by Crippen LogP contribution is 2.29. The topological polar surface area (TPSA) is 41.1 Å². The van der Waals surface area contributed by atoms with E-state index in [0.717, 1.165) is 56.1 Å². The van der Waals surface area contributed by atoms with E-state index in [-0.39, 0.29) is 0 Å². The molecule has 0 amide bonds. The van der Waals surface area contributed by atoms with Gasteiger partial charge in [0, 0.05) is 36.3 Å². The van der Waals surface area contributed by atoms with E-state index >= 15 is 0 Å². The molecule has 2 heterocycles. The Kier molecular flexibility index (Phi) is 4.25. The molecule has 0 bridgehead atoms. The van der Waals surface area contributed by atoms with Gasteiger partial charge in [-0.25, -0.2) is 0 Å². The Morgan fingerprint density at radius 1 is 1.24 bits per heavy atom. The van der Waals surface area contributed by atoms with Crippen LogP contribution in [0.3, 0.4) is 0 Å². The second kappa shape index (κ2) is 6.31. The maximum Gasteiger partial charge on any atom is 0.119 e. The minimum atomic E-state index is 0.766. The molecular weight excluding hydrogens is 262 g/mol. The zero-order chi connectivity index (χ0) is 14.7. The van der Waals surface area contributed by atoms with Crippen molar-refractivity contribution in [3.8, 4) is 17.0 Å². The van der Waals surface area contributed by atoms with Crippen molar-refractivity contribution in [2.45, 2.75) is 33.2 Å². The highest BCUT2D eigenvalue weighted by atomic mass is 16.5. The summed E-state index contributed by atoms with van der Waals surface area (Å²) in [6.07, 6.45) is 2.09. The smallest absolute Gasteiger partial charge is 0.119 e. The van der Waals surface area contributed by atoms with Gasteiger partial charge in [-0.1, -0.05) is 13.8 Å². The third-order valence-electron chi connectivity index (χ3n) is 4.06. The van der Waals surface area contributed by atoms with E-state index in [1.54, 1.807) is 0 Å². The molecule has 2 aromatic rings. The molecule has 21 heavy (non-hydrogen) atoms. The molecular formula is C17H23N3O. The predicted octanol–water partition coefficient (Wildman–Crippen LogP) is 3.24. The maximum absolute atomic E-state index is 5.64. The number of ether oxygens (including phenoxy) is 1. The molecule has 4 heteroatoms. The number of aromatic nitrogens is 2. The number of benzene rings is 1. The summed E-state index contributed by atoms with van der Waals surface area (Å²) >= 11 is 0. The minimum Gasteiger partial charge on any atom is -0.494 e. The van der Waals surface area contributed by atoms with E-state index in [0.29, 0.717) is 0 Å². The van der Waals surface area contributed by atoms with Gasteiger partial charge in [0.05, 0.1) is 12.3 Å². The number of H-pyrrole nitrogens is 1. The molecule has 0 aliphatic carbocycles. The fraction of sp³-hybridized carbons (Fsp3) is 0.471. The van der Waals surface area contributed by atoms with E-state index in [1.807, 2.05) is 12.1 Å². The molecule has 0 spiro atoms. The van der Waals surface area contributed by atoms with Crippen LogP contribution >= 0.6 is 0 Å². The standard InChI is InChI=1S/C17H23N3O/c1-3-11-21-14-7-5-13(6-8-14)17-15-12-20(4-2)10-9-16(15)18-19-17/h5-8H,3-4,9-12H2,1-2H3,(H,18,19). The lowest BCUT2D eigenvalue weighted by Gasteiger charge is -2.25. The van der Waals surface area contributed by atoms with Crippen LogP contribution in [0, 0.1) is 0 Å². The van der Waals surface area contributed by atoms with Gasteiger partial charge in [-0.2, -0.15) is 5.10 Å². The number of likely N-dealkylation sites (N-methyl/N-ethyl adjacent to an activating group) is 1. The Hall–Kier alpha value is -1.81. The summed E-state index contributed by atoms with van der Waals surface area (Å²) in [5.74, 6) is 0.931. The van der Waals surface area contributed by atoms with Crippen molar-refractivity contribution in [2.24, 2.45) is 0 Å². The summed E-state index contributed by atoms with van der Waals surface area (Å²) < 4.78 is 5.64. The predicted molar refractivity (Wildman–Crippen MR) is 84.5 cm³/mol. The van der Waals surface area contributed by atoms with Crippen molar-refractivity contribution in [3.05, 3.63) is 35.5 Å². The molecule has 1 aromatic heterocycles. The summed E-state index contributed by atoms with van der Waals surface area (Å²) in [5.41, 5.74) is 4.89. The number of nitrogens with one attached hydrogen (secondary N) is 1. The Morgan fingerprint density at radius 2 is 2.05 bits per heavy atom. The van der Waals surface area contributed by atoms with E-state index in [4.69, 9.17) is 4.74 Å². The van der Waals surface area contributed by atoms with Crippen LogP contribution in [0.2, 0.25) is 0 Å². The van der Waals surface area contributed by atoms with E-state index in [1.165, 1.54) is 11.3 Å². The third kappa shape index (κ3) is 2.95. The second-order valence-corrected chi connectivity index (χ2v) is 5.52. The SMILES string of the molecule is CCCOc1ccc(-c2n[nH]c3c2CN(CC)CC3)cc1. The Labute approximate surface area is 126 Å². The van der Waals surface area contributed by atoms with Gasteiger partial charge < -0.3 is 4.74 Å². The van der Waals surface area contributed by atoms with Crippen molar-refractivity contribution in [2.75, 3.05) is 19.7 Å². The number of nitrogens with zero attached hydrogens (tertiary/aromatic N) is 2. The first-order valence-electron chi connectivity index (χ1n) is 7.83. The van der Waals surface area contributed by atoms with E-state index < -0.39 is 0 Å². The largest absolute Gasteiger partial charge is 0.494 e. The molecule has 0 saturated heterocycles. The van der Waals surface area contributed by atoms with E-state index in [2.05, 4.69) is 41.1 Å². The van der Waals surface area contributed by atoms with Crippen LogP contribution in [-0.2, 0) is 13.0 Å². The zero-order valence-corrected chi connectivity index (χ0v) is 12.9. The lowest BCUT2D eigenvalue weighted by molar-refractivity contribution is 0.267. The number of aromatic amines is 1. The molecule has 1 aliphatic heterocycles. The van der Waals surface area contributed by atoms with Gasteiger partial charge in [-0.05, 0) is 37.2 Å². The number of hydrogen-bond acceptors (Lipinski definition) is 3. The number of rotatable bonds is 5. The zero-order valence-electron chi connectivity index (χ0n) is 12.9. The highest BCUT2D eigenvalue weighted by Gasteiger charge is 2.21. The first kappa shape index (κ1) is 14.1. The number of fused-ring (bicyclic) bond motifs is 1. The van der Waals surface area contributed by atoms with Crippen LogP contribution in [0.4, 0.5) is 0 Å². The molecule has 112 valence electrons. The number of hydrogen-bond donors (Lipinski definition) is 1. The molecule has 0 unspecified atom stereocenters. The molecule has 1 aliphatic rings. The van der Waals surface area contributed by atoms with Gasteiger partial charge in [-0.15, -0.1) is 0 Å². The molecule has 0 fully saturated rings. The molecule has 0 atom stereocenters. The average molecular weight is 285 g/mol. The highest BCUT2D eigenvalue weighted by molar-refractivity contribution is 5.65. The van der Waals surface area contributed by atoms with Gasteiger partial charge in [-0.3, -0.25) is 10.00 Å². The van der Waals surface area contributed by atoms with Gasteiger partial charge in [0.25, 0.3) is 0 Å². The molecule has 1 N–H and O–H groups in total.